The molecule has 0 saturated heterocycles. The lowest BCUT2D eigenvalue weighted by Crippen LogP contribution is -1.99. The number of hydrogen-bond donors (Lipinski definition) is 1. The summed E-state index contributed by atoms with van der Waals surface area (Å²) in [5.74, 6) is -0.0132. The highest BCUT2D eigenvalue weighted by atomic mass is 35.5. The van der Waals surface area contributed by atoms with E-state index in [1.807, 2.05) is 91.0 Å². The normalized spacial score (nSPS) is 10.7. The van der Waals surface area contributed by atoms with Crippen molar-refractivity contribution < 1.29 is 14.6 Å². The molecule has 0 amide bonds. The molecule has 0 bridgehead atoms. The first kappa shape index (κ1) is 21.7. The van der Waals surface area contributed by atoms with E-state index in [0.717, 1.165) is 39.1 Å². The molecule has 0 aliphatic carbocycles. The van der Waals surface area contributed by atoms with Crippen molar-refractivity contribution in [2.24, 2.45) is 0 Å². The molecule has 0 saturated carbocycles. The van der Waals surface area contributed by atoms with E-state index in [-0.39, 0.29) is 6.42 Å². The third kappa shape index (κ3) is 5.57. The maximum atomic E-state index is 10.8. The van der Waals surface area contributed by atoms with Crippen LogP contribution in [0, 0.1) is 6.07 Å². The van der Waals surface area contributed by atoms with Crippen molar-refractivity contribution in [1.82, 2.24) is 0 Å². The molecule has 3 nitrogen and oxygen atoms in total. The minimum atomic E-state index is -0.791. The molecule has 159 valence electrons. The number of aliphatic carboxylic acids is 1. The molecule has 0 aliphatic rings. The fraction of sp³-hybridized carbons (Fsp3) is 0.107. The van der Waals surface area contributed by atoms with Crippen molar-refractivity contribution in [3.8, 4) is 28.0 Å². The van der Waals surface area contributed by atoms with Crippen LogP contribution in [-0.4, -0.2) is 11.1 Å². The highest BCUT2D eigenvalue weighted by Gasteiger charge is 2.09. The van der Waals surface area contributed by atoms with E-state index in [4.69, 9.17) is 21.4 Å². The largest absolute Gasteiger partial charge is 0.489 e. The van der Waals surface area contributed by atoms with Crippen LogP contribution in [0.2, 0.25) is 5.02 Å². The number of carbonyl (C=O) groups is 1. The Morgan fingerprint density at radius 2 is 1.66 bits per heavy atom. The standard InChI is InChI=1S/C28H22ClO3/c29-25-13-16-27(23-9-6-20(7-10-23)8-17-28(30)31)24(18-25)19-32-26-14-11-22(12-15-26)21-4-2-1-3-5-21/h1-4,6-7,9-16,18H,8,17,19H2,(H,30,31). The van der Waals surface area contributed by atoms with Crippen LogP contribution in [-0.2, 0) is 17.8 Å². The fourth-order valence-corrected chi connectivity index (χ4v) is 3.72. The molecular formula is C28H22ClO3. The maximum Gasteiger partial charge on any atom is 0.303 e. The molecule has 0 heterocycles. The van der Waals surface area contributed by atoms with Gasteiger partial charge in [-0.05, 0) is 70.1 Å². The molecule has 1 radical (unpaired) electrons. The van der Waals surface area contributed by atoms with Crippen LogP contribution in [0.1, 0.15) is 17.5 Å². The quantitative estimate of drug-likeness (QED) is 0.318. The second-order valence-corrected chi connectivity index (χ2v) is 7.92. The highest BCUT2D eigenvalue weighted by Crippen LogP contribution is 2.29. The third-order valence-corrected chi connectivity index (χ3v) is 5.46. The molecule has 0 aromatic heterocycles. The van der Waals surface area contributed by atoms with E-state index in [1.165, 1.54) is 0 Å². The lowest BCUT2D eigenvalue weighted by Gasteiger charge is -2.13. The van der Waals surface area contributed by atoms with Gasteiger partial charge in [0, 0.05) is 11.4 Å². The summed E-state index contributed by atoms with van der Waals surface area (Å²) in [6, 6.07) is 32.8. The van der Waals surface area contributed by atoms with Gasteiger partial charge in [0.25, 0.3) is 0 Å². The molecule has 0 unspecified atom stereocenters. The predicted molar refractivity (Wildman–Crippen MR) is 128 cm³/mol. The minimum absolute atomic E-state index is 0.125. The van der Waals surface area contributed by atoms with Crippen LogP contribution in [0.3, 0.4) is 0 Å². The number of benzene rings is 4. The molecule has 4 rings (SSSR count). The molecule has 0 atom stereocenters. The van der Waals surface area contributed by atoms with E-state index < -0.39 is 5.97 Å². The zero-order valence-electron chi connectivity index (χ0n) is 17.4. The summed E-state index contributed by atoms with van der Waals surface area (Å²) in [4.78, 5) is 10.8. The third-order valence-electron chi connectivity index (χ3n) is 5.23. The zero-order chi connectivity index (χ0) is 22.3. The van der Waals surface area contributed by atoms with E-state index in [9.17, 15) is 4.79 Å². The summed E-state index contributed by atoms with van der Waals surface area (Å²) in [6.45, 7) is 0.382. The summed E-state index contributed by atoms with van der Waals surface area (Å²) in [6.07, 6.45) is 0.642. The first-order chi connectivity index (χ1) is 15.6. The Morgan fingerprint density at radius 3 is 2.34 bits per heavy atom. The number of aryl methyl sites for hydroxylation is 1. The lowest BCUT2D eigenvalue weighted by atomic mass is 9.98. The number of ether oxygens (including phenoxy) is 1. The Labute approximate surface area is 192 Å². The Hall–Kier alpha value is -3.56. The molecule has 1 N–H and O–H groups in total. The van der Waals surface area contributed by atoms with Crippen molar-refractivity contribution in [3.63, 3.8) is 0 Å². The Morgan fingerprint density at radius 1 is 0.906 bits per heavy atom. The van der Waals surface area contributed by atoms with Crippen LogP contribution < -0.4 is 4.74 Å². The van der Waals surface area contributed by atoms with Crippen molar-refractivity contribution in [3.05, 3.63) is 113 Å². The predicted octanol–water partition coefficient (Wildman–Crippen LogP) is 7.07. The van der Waals surface area contributed by atoms with E-state index in [2.05, 4.69) is 6.07 Å². The molecule has 4 heteroatoms. The Balaban J connectivity index is 1.48. The molecule has 4 aromatic carbocycles. The first-order valence-electron chi connectivity index (χ1n) is 10.4. The summed E-state index contributed by atoms with van der Waals surface area (Å²) >= 11 is 6.26. The maximum absolute atomic E-state index is 10.8. The molecular weight excluding hydrogens is 420 g/mol. The molecule has 0 fully saturated rings. The molecule has 32 heavy (non-hydrogen) atoms. The Bertz CT molecular complexity index is 1180. The van der Waals surface area contributed by atoms with Gasteiger partial charge >= 0.3 is 5.97 Å². The minimum Gasteiger partial charge on any atom is -0.489 e. The summed E-state index contributed by atoms with van der Waals surface area (Å²) < 4.78 is 6.05. The molecule has 0 aliphatic heterocycles. The van der Waals surface area contributed by atoms with Crippen LogP contribution in [0.4, 0.5) is 0 Å². The van der Waals surface area contributed by atoms with Gasteiger partial charge in [-0.1, -0.05) is 78.3 Å². The topological polar surface area (TPSA) is 46.5 Å². The number of halogens is 1. The van der Waals surface area contributed by atoms with Crippen LogP contribution in [0.5, 0.6) is 5.75 Å². The summed E-state index contributed by atoms with van der Waals surface area (Å²) in [5.41, 5.74) is 6.19. The van der Waals surface area contributed by atoms with Gasteiger partial charge < -0.3 is 9.84 Å². The molecule has 0 spiro atoms. The lowest BCUT2D eigenvalue weighted by molar-refractivity contribution is -0.136. The van der Waals surface area contributed by atoms with Gasteiger partial charge in [-0.15, -0.1) is 0 Å². The highest BCUT2D eigenvalue weighted by molar-refractivity contribution is 6.30. The average Bonchev–Trinajstić information content (AvgIpc) is 2.83. The van der Waals surface area contributed by atoms with Crippen molar-refractivity contribution in [2.75, 3.05) is 0 Å². The van der Waals surface area contributed by atoms with Crippen LogP contribution in [0.25, 0.3) is 22.3 Å². The van der Waals surface area contributed by atoms with Gasteiger partial charge in [0.2, 0.25) is 0 Å². The molecule has 4 aromatic rings. The van der Waals surface area contributed by atoms with Gasteiger partial charge in [-0.3, -0.25) is 4.79 Å². The van der Waals surface area contributed by atoms with Crippen molar-refractivity contribution in [1.29, 1.82) is 0 Å². The van der Waals surface area contributed by atoms with E-state index in [1.54, 1.807) is 0 Å². The zero-order valence-corrected chi connectivity index (χ0v) is 18.2. The van der Waals surface area contributed by atoms with Crippen LogP contribution in [0.15, 0.2) is 91.0 Å². The van der Waals surface area contributed by atoms with Crippen molar-refractivity contribution >= 4 is 17.6 Å². The fourth-order valence-electron chi connectivity index (χ4n) is 3.53. The second kappa shape index (κ2) is 10.2. The summed E-state index contributed by atoms with van der Waals surface area (Å²) in [5, 5.41) is 9.52. The number of carboxylic acids is 1. The average molecular weight is 442 g/mol. The van der Waals surface area contributed by atoms with Crippen LogP contribution >= 0.6 is 11.6 Å². The van der Waals surface area contributed by atoms with Gasteiger partial charge in [0.15, 0.2) is 0 Å². The van der Waals surface area contributed by atoms with Crippen molar-refractivity contribution in [2.45, 2.75) is 19.4 Å². The summed E-state index contributed by atoms with van der Waals surface area (Å²) in [7, 11) is 0. The van der Waals surface area contributed by atoms with E-state index in [0.29, 0.717) is 18.1 Å². The SMILES string of the molecule is O=C(O)CCc1ccc(-c2ccc(Cl)cc2COc2ccc(-c3[c]cccc3)cc2)cc1. The monoisotopic (exact) mass is 441 g/mol. The Kier molecular flexibility index (Phi) is 6.88. The van der Waals surface area contributed by atoms with Gasteiger partial charge in [0.05, 0.1) is 0 Å². The van der Waals surface area contributed by atoms with Gasteiger partial charge in [-0.25, -0.2) is 0 Å². The number of carboxylic acid groups (broad SMARTS) is 1. The first-order valence-corrected chi connectivity index (χ1v) is 10.8. The smallest absolute Gasteiger partial charge is 0.303 e. The number of rotatable bonds is 8. The number of hydrogen-bond acceptors (Lipinski definition) is 2. The van der Waals surface area contributed by atoms with Gasteiger partial charge in [0.1, 0.15) is 12.4 Å². The second-order valence-electron chi connectivity index (χ2n) is 7.48. The van der Waals surface area contributed by atoms with E-state index >= 15 is 0 Å². The van der Waals surface area contributed by atoms with Gasteiger partial charge in [-0.2, -0.15) is 0 Å².